The topological polar surface area (TPSA) is 21.3 Å². The number of anilines is 1. The van der Waals surface area contributed by atoms with Gasteiger partial charge in [0.15, 0.2) is 0 Å². The molecule has 1 heterocycles. The molecule has 0 unspecified atom stereocenters. The van der Waals surface area contributed by atoms with Crippen molar-refractivity contribution in [2.24, 2.45) is 5.41 Å². The third-order valence-electron chi connectivity index (χ3n) is 2.44. The highest BCUT2D eigenvalue weighted by atomic mass is 79.9. The highest BCUT2D eigenvalue weighted by molar-refractivity contribution is 9.10. The molecule has 14 heavy (non-hydrogen) atoms. The predicted octanol–water partition coefficient (Wildman–Crippen LogP) is 2.90. The van der Waals surface area contributed by atoms with Crippen LogP contribution in [0.4, 0.5) is 5.69 Å². The van der Waals surface area contributed by atoms with E-state index in [-0.39, 0.29) is 0 Å². The van der Waals surface area contributed by atoms with Gasteiger partial charge in [0, 0.05) is 22.1 Å². The van der Waals surface area contributed by atoms with Crippen LogP contribution in [0, 0.1) is 5.41 Å². The zero-order chi connectivity index (χ0) is 10.0. The maximum absolute atomic E-state index is 5.20. The molecule has 2 rings (SSSR count). The lowest BCUT2D eigenvalue weighted by Crippen LogP contribution is -2.45. The number of hydrogen-bond acceptors (Lipinski definition) is 2. The maximum atomic E-state index is 5.20. The van der Waals surface area contributed by atoms with Gasteiger partial charge in [-0.15, -0.1) is 0 Å². The third kappa shape index (κ3) is 2.28. The van der Waals surface area contributed by atoms with Crippen LogP contribution in [0.15, 0.2) is 28.7 Å². The van der Waals surface area contributed by atoms with Crippen molar-refractivity contribution in [3.8, 4) is 0 Å². The molecule has 1 aliphatic rings. The molecule has 1 fully saturated rings. The van der Waals surface area contributed by atoms with Crippen LogP contribution in [-0.4, -0.2) is 19.8 Å². The van der Waals surface area contributed by atoms with E-state index in [0.29, 0.717) is 5.41 Å². The Kier molecular flexibility index (Phi) is 2.79. The van der Waals surface area contributed by atoms with Crippen molar-refractivity contribution in [3.05, 3.63) is 28.7 Å². The summed E-state index contributed by atoms with van der Waals surface area (Å²) in [5.74, 6) is 0. The molecule has 0 saturated carbocycles. The lowest BCUT2D eigenvalue weighted by molar-refractivity contribution is -0.0924. The first-order valence-corrected chi connectivity index (χ1v) is 5.54. The van der Waals surface area contributed by atoms with Crippen molar-refractivity contribution in [1.82, 2.24) is 0 Å². The van der Waals surface area contributed by atoms with Gasteiger partial charge in [0.25, 0.3) is 0 Å². The van der Waals surface area contributed by atoms with E-state index in [1.54, 1.807) is 0 Å². The van der Waals surface area contributed by atoms with Crippen molar-refractivity contribution in [1.29, 1.82) is 0 Å². The molecular weight excluding hydrogens is 242 g/mol. The van der Waals surface area contributed by atoms with Crippen LogP contribution in [-0.2, 0) is 4.74 Å². The summed E-state index contributed by atoms with van der Waals surface area (Å²) < 4.78 is 6.31. The standard InChI is InChI=1S/C11H14BrNO/c1-11(7-14-8-11)6-13-10-4-2-3-9(12)5-10/h2-5,13H,6-8H2,1H3. The largest absolute Gasteiger partial charge is 0.384 e. The van der Waals surface area contributed by atoms with Crippen LogP contribution >= 0.6 is 15.9 Å². The second-order valence-electron chi connectivity index (χ2n) is 4.17. The maximum Gasteiger partial charge on any atom is 0.0559 e. The Morgan fingerprint density at radius 1 is 1.50 bits per heavy atom. The zero-order valence-corrected chi connectivity index (χ0v) is 9.80. The van der Waals surface area contributed by atoms with Crippen molar-refractivity contribution in [2.45, 2.75) is 6.92 Å². The molecule has 1 aromatic rings. The summed E-state index contributed by atoms with van der Waals surface area (Å²) in [4.78, 5) is 0. The summed E-state index contributed by atoms with van der Waals surface area (Å²) in [5.41, 5.74) is 1.48. The van der Waals surface area contributed by atoms with Crippen molar-refractivity contribution in [2.75, 3.05) is 25.1 Å². The average molecular weight is 256 g/mol. The number of benzene rings is 1. The Balaban J connectivity index is 1.91. The van der Waals surface area contributed by atoms with E-state index in [2.05, 4.69) is 40.3 Å². The van der Waals surface area contributed by atoms with Gasteiger partial charge in [-0.05, 0) is 18.2 Å². The van der Waals surface area contributed by atoms with Gasteiger partial charge < -0.3 is 10.1 Å². The lowest BCUT2D eigenvalue weighted by atomic mass is 9.89. The Morgan fingerprint density at radius 2 is 2.29 bits per heavy atom. The van der Waals surface area contributed by atoms with E-state index in [1.165, 1.54) is 0 Å². The molecule has 1 aromatic carbocycles. The monoisotopic (exact) mass is 255 g/mol. The number of rotatable bonds is 3. The van der Waals surface area contributed by atoms with Gasteiger partial charge in [-0.1, -0.05) is 28.9 Å². The number of ether oxygens (including phenoxy) is 1. The van der Waals surface area contributed by atoms with E-state index >= 15 is 0 Å². The predicted molar refractivity (Wildman–Crippen MR) is 61.6 cm³/mol. The first kappa shape index (κ1) is 9.99. The van der Waals surface area contributed by atoms with Crippen molar-refractivity contribution < 1.29 is 4.74 Å². The van der Waals surface area contributed by atoms with Gasteiger partial charge in [0.05, 0.1) is 13.2 Å². The van der Waals surface area contributed by atoms with Crippen LogP contribution in [0.5, 0.6) is 0 Å². The third-order valence-corrected chi connectivity index (χ3v) is 2.94. The molecule has 2 nitrogen and oxygen atoms in total. The van der Waals surface area contributed by atoms with Gasteiger partial charge in [-0.2, -0.15) is 0 Å². The fourth-order valence-corrected chi connectivity index (χ4v) is 1.87. The first-order chi connectivity index (χ1) is 6.68. The summed E-state index contributed by atoms with van der Waals surface area (Å²) in [6.45, 7) is 4.95. The van der Waals surface area contributed by atoms with Crippen LogP contribution in [0.2, 0.25) is 0 Å². The van der Waals surface area contributed by atoms with Gasteiger partial charge in [0.2, 0.25) is 0 Å². The summed E-state index contributed by atoms with van der Waals surface area (Å²) in [7, 11) is 0. The molecular formula is C11H14BrNO. The summed E-state index contributed by atoms with van der Waals surface area (Å²) in [6, 6.07) is 8.22. The minimum absolute atomic E-state index is 0.322. The summed E-state index contributed by atoms with van der Waals surface area (Å²) in [5, 5.41) is 3.42. The quantitative estimate of drug-likeness (QED) is 0.897. The summed E-state index contributed by atoms with van der Waals surface area (Å²) >= 11 is 3.45. The molecule has 0 spiro atoms. The minimum Gasteiger partial charge on any atom is -0.384 e. The van der Waals surface area contributed by atoms with E-state index < -0.39 is 0 Å². The highest BCUT2D eigenvalue weighted by Crippen LogP contribution is 2.27. The Morgan fingerprint density at radius 3 is 2.86 bits per heavy atom. The molecule has 0 aromatic heterocycles. The Hall–Kier alpha value is -0.540. The molecule has 1 aliphatic heterocycles. The fraction of sp³-hybridized carbons (Fsp3) is 0.455. The second-order valence-corrected chi connectivity index (χ2v) is 5.08. The molecule has 1 saturated heterocycles. The minimum atomic E-state index is 0.322. The molecule has 0 radical (unpaired) electrons. The van der Waals surface area contributed by atoms with Crippen LogP contribution in [0.3, 0.4) is 0 Å². The fourth-order valence-electron chi connectivity index (χ4n) is 1.47. The molecule has 1 N–H and O–H groups in total. The Labute approximate surface area is 92.8 Å². The van der Waals surface area contributed by atoms with E-state index in [9.17, 15) is 0 Å². The van der Waals surface area contributed by atoms with Crippen LogP contribution in [0.1, 0.15) is 6.92 Å². The first-order valence-electron chi connectivity index (χ1n) is 4.75. The SMILES string of the molecule is CC1(CNc2cccc(Br)c2)COC1. The number of halogens is 1. The van der Waals surface area contributed by atoms with E-state index in [4.69, 9.17) is 4.74 Å². The van der Waals surface area contributed by atoms with Crippen LogP contribution in [0.25, 0.3) is 0 Å². The number of hydrogen-bond donors (Lipinski definition) is 1. The smallest absolute Gasteiger partial charge is 0.0559 e. The zero-order valence-electron chi connectivity index (χ0n) is 8.22. The normalized spacial score (nSPS) is 18.7. The molecule has 0 amide bonds. The van der Waals surface area contributed by atoms with Gasteiger partial charge in [0.1, 0.15) is 0 Å². The Bertz CT molecular complexity index is 323. The van der Waals surface area contributed by atoms with E-state index in [1.807, 2.05) is 12.1 Å². The summed E-state index contributed by atoms with van der Waals surface area (Å²) in [6.07, 6.45) is 0. The second kappa shape index (κ2) is 3.91. The van der Waals surface area contributed by atoms with Crippen molar-refractivity contribution >= 4 is 21.6 Å². The highest BCUT2D eigenvalue weighted by Gasteiger charge is 2.32. The molecule has 76 valence electrons. The van der Waals surface area contributed by atoms with Gasteiger partial charge in [-0.3, -0.25) is 0 Å². The van der Waals surface area contributed by atoms with Crippen LogP contribution < -0.4 is 5.32 Å². The van der Waals surface area contributed by atoms with E-state index in [0.717, 1.165) is 29.9 Å². The molecule has 3 heteroatoms. The molecule has 0 atom stereocenters. The van der Waals surface area contributed by atoms with Crippen molar-refractivity contribution in [3.63, 3.8) is 0 Å². The molecule has 0 bridgehead atoms. The van der Waals surface area contributed by atoms with Gasteiger partial charge in [-0.25, -0.2) is 0 Å². The number of nitrogens with one attached hydrogen (secondary N) is 1. The van der Waals surface area contributed by atoms with Gasteiger partial charge >= 0.3 is 0 Å². The molecule has 0 aliphatic carbocycles. The average Bonchev–Trinajstić information content (AvgIpc) is 2.12. The lowest BCUT2D eigenvalue weighted by Gasteiger charge is -2.38.